The smallest absolute Gasteiger partial charge is 0.313 e. The number of ether oxygens (including phenoxy) is 1. The van der Waals surface area contributed by atoms with Gasteiger partial charge in [0.25, 0.3) is 0 Å². The van der Waals surface area contributed by atoms with Crippen LogP contribution in [0.4, 0.5) is 0 Å². The predicted octanol–water partition coefficient (Wildman–Crippen LogP) is 3.51. The molecule has 0 aromatic rings. The van der Waals surface area contributed by atoms with Crippen molar-refractivity contribution in [2.75, 3.05) is 6.61 Å². The number of aliphatic hydroxyl groups excluding tert-OH is 1. The first-order valence-corrected chi connectivity index (χ1v) is 11.4. The van der Waals surface area contributed by atoms with Crippen LogP contribution in [0.1, 0.15) is 41.0 Å². The van der Waals surface area contributed by atoms with Gasteiger partial charge >= 0.3 is 5.97 Å². The molecule has 1 aliphatic heterocycles. The van der Waals surface area contributed by atoms with Crippen molar-refractivity contribution < 1.29 is 19.1 Å². The normalized spacial score (nSPS) is 34.3. The summed E-state index contributed by atoms with van der Waals surface area (Å²) in [6.45, 7) is 19.0. The lowest BCUT2D eigenvalue weighted by molar-refractivity contribution is -0.173. The summed E-state index contributed by atoms with van der Waals surface area (Å²) in [4.78, 5) is 12.4. The number of rotatable bonds is 5. The average Bonchev–Trinajstić information content (AvgIpc) is 2.64. The Morgan fingerprint density at radius 2 is 2.04 bits per heavy atom. The average molecular weight is 341 g/mol. The van der Waals surface area contributed by atoms with Crippen LogP contribution in [0.2, 0.25) is 18.1 Å². The van der Waals surface area contributed by atoms with E-state index in [1.54, 1.807) is 6.08 Å². The maximum Gasteiger partial charge on any atom is 0.313 e. The molecule has 4 atom stereocenters. The number of carbonyl (C=O) groups excluding carboxylic acids is 1. The second kappa shape index (κ2) is 5.43. The van der Waals surface area contributed by atoms with Crippen LogP contribution in [0.15, 0.2) is 12.7 Å². The second-order valence-corrected chi connectivity index (χ2v) is 14.1. The molecule has 2 fully saturated rings. The number of hydrogen-bond donors (Lipinski definition) is 1. The fourth-order valence-electron chi connectivity index (χ4n) is 3.75. The van der Waals surface area contributed by atoms with Crippen molar-refractivity contribution in [3.63, 3.8) is 0 Å². The van der Waals surface area contributed by atoms with Gasteiger partial charge in [-0.25, -0.2) is 0 Å². The van der Waals surface area contributed by atoms with Crippen molar-refractivity contribution in [2.24, 2.45) is 17.3 Å². The maximum absolute atomic E-state index is 12.4. The quantitative estimate of drug-likeness (QED) is 0.473. The first kappa shape index (κ1) is 18.7. The van der Waals surface area contributed by atoms with Crippen molar-refractivity contribution in [3.8, 4) is 0 Å². The molecule has 0 unspecified atom stereocenters. The predicted molar refractivity (Wildman–Crippen MR) is 93.6 cm³/mol. The van der Waals surface area contributed by atoms with Crippen molar-refractivity contribution in [3.05, 3.63) is 12.7 Å². The number of carbonyl (C=O) groups is 1. The Labute approximate surface area is 141 Å². The van der Waals surface area contributed by atoms with E-state index in [0.29, 0.717) is 0 Å². The molecular formula is C18H32O4Si. The van der Waals surface area contributed by atoms with Gasteiger partial charge in [-0.3, -0.25) is 4.79 Å². The zero-order chi connectivity index (χ0) is 17.8. The minimum absolute atomic E-state index is 0.000477. The molecule has 132 valence electrons. The Hall–Kier alpha value is -0.653. The highest BCUT2D eigenvalue weighted by atomic mass is 28.4. The molecule has 1 aliphatic carbocycles. The van der Waals surface area contributed by atoms with E-state index < -0.39 is 25.9 Å². The van der Waals surface area contributed by atoms with Crippen molar-refractivity contribution in [2.45, 2.75) is 70.9 Å². The molecule has 0 bridgehead atoms. The van der Waals surface area contributed by atoms with Gasteiger partial charge in [0.05, 0.1) is 18.6 Å². The summed E-state index contributed by atoms with van der Waals surface area (Å²) in [7, 11) is -1.95. The lowest BCUT2D eigenvalue weighted by atomic mass is 9.50. The van der Waals surface area contributed by atoms with E-state index in [1.165, 1.54) is 0 Å². The Morgan fingerprint density at radius 3 is 2.43 bits per heavy atom. The highest BCUT2D eigenvalue weighted by Gasteiger charge is 2.70. The van der Waals surface area contributed by atoms with Gasteiger partial charge in [0.2, 0.25) is 0 Å². The van der Waals surface area contributed by atoms with E-state index in [0.717, 1.165) is 6.42 Å². The minimum atomic E-state index is -1.95. The topological polar surface area (TPSA) is 55.8 Å². The molecule has 23 heavy (non-hydrogen) atoms. The summed E-state index contributed by atoms with van der Waals surface area (Å²) in [6.07, 6.45) is 1.78. The molecular weight excluding hydrogens is 308 g/mol. The molecule has 1 N–H and O–H groups in total. The van der Waals surface area contributed by atoms with Gasteiger partial charge in [-0.1, -0.05) is 41.2 Å². The SMILES string of the molecule is C=C[C@]12OC(=O)[C@H]([C@H](O)CO[Si](C)(C)C(C)(C)C)[C@H]1CC2(C)C. The summed E-state index contributed by atoms with van der Waals surface area (Å²) in [5.41, 5.74) is -0.753. The molecule has 0 spiro atoms. The number of esters is 1. The molecule has 0 aromatic carbocycles. The summed E-state index contributed by atoms with van der Waals surface area (Å²) < 4.78 is 11.8. The number of hydrogen-bond acceptors (Lipinski definition) is 4. The summed E-state index contributed by atoms with van der Waals surface area (Å²) >= 11 is 0. The Balaban J connectivity index is 2.09. The molecule has 1 saturated heterocycles. The van der Waals surface area contributed by atoms with Gasteiger partial charge in [-0.05, 0) is 30.6 Å². The van der Waals surface area contributed by atoms with Gasteiger partial charge in [-0.15, -0.1) is 0 Å². The van der Waals surface area contributed by atoms with Crippen LogP contribution in [0.25, 0.3) is 0 Å². The lowest BCUT2D eigenvalue weighted by Crippen LogP contribution is -2.60. The highest BCUT2D eigenvalue weighted by molar-refractivity contribution is 6.74. The monoisotopic (exact) mass is 340 g/mol. The minimum Gasteiger partial charge on any atom is -0.454 e. The van der Waals surface area contributed by atoms with E-state index in [1.807, 2.05) is 0 Å². The third kappa shape index (κ3) is 2.71. The third-order valence-corrected chi connectivity index (χ3v) is 11.0. The molecule has 4 nitrogen and oxygen atoms in total. The molecule has 1 heterocycles. The van der Waals surface area contributed by atoms with E-state index >= 15 is 0 Å². The van der Waals surface area contributed by atoms with Gasteiger partial charge in [0.1, 0.15) is 5.60 Å². The van der Waals surface area contributed by atoms with E-state index in [9.17, 15) is 9.90 Å². The fraction of sp³-hybridized carbons (Fsp3) is 0.833. The first-order chi connectivity index (χ1) is 10.3. The highest BCUT2D eigenvalue weighted by Crippen LogP contribution is 2.63. The summed E-state index contributed by atoms with van der Waals surface area (Å²) in [5.74, 6) is -0.821. The molecule has 0 aromatic heterocycles. The Bertz CT molecular complexity index is 506. The van der Waals surface area contributed by atoms with E-state index in [-0.39, 0.29) is 28.9 Å². The Morgan fingerprint density at radius 1 is 1.48 bits per heavy atom. The number of fused-ring (bicyclic) bond motifs is 1. The van der Waals surface area contributed by atoms with Crippen LogP contribution < -0.4 is 0 Å². The standard InChI is InChI=1S/C18H32O4Si/c1-9-18-12(10-17(18,5)6)14(15(20)22-18)13(19)11-21-23(7,8)16(2,3)4/h9,12-14,19H,1,10-11H2,2-8H3/t12-,13-,14+,18+/m1/s1. The van der Waals surface area contributed by atoms with Crippen LogP contribution in [-0.4, -0.2) is 37.7 Å². The van der Waals surface area contributed by atoms with Crippen molar-refractivity contribution >= 4 is 14.3 Å². The van der Waals surface area contributed by atoms with Crippen LogP contribution >= 0.6 is 0 Å². The molecule has 0 amide bonds. The molecule has 0 radical (unpaired) electrons. The largest absolute Gasteiger partial charge is 0.454 e. The van der Waals surface area contributed by atoms with E-state index in [4.69, 9.17) is 9.16 Å². The zero-order valence-corrected chi connectivity index (χ0v) is 16.6. The van der Waals surface area contributed by atoms with Gasteiger partial charge in [0.15, 0.2) is 8.32 Å². The summed E-state index contributed by atoms with van der Waals surface area (Å²) in [6, 6.07) is 0. The second-order valence-electron chi connectivity index (χ2n) is 9.28. The molecule has 2 aliphatic rings. The lowest BCUT2D eigenvalue weighted by Gasteiger charge is -2.56. The van der Waals surface area contributed by atoms with Crippen LogP contribution in [0.3, 0.4) is 0 Å². The van der Waals surface area contributed by atoms with Gasteiger partial charge in [-0.2, -0.15) is 0 Å². The van der Waals surface area contributed by atoms with Crippen molar-refractivity contribution in [1.29, 1.82) is 0 Å². The molecule has 2 rings (SSSR count). The van der Waals surface area contributed by atoms with E-state index in [2.05, 4.69) is 54.3 Å². The van der Waals surface area contributed by atoms with Gasteiger partial charge in [0, 0.05) is 11.3 Å². The Kier molecular flexibility index (Phi) is 4.41. The van der Waals surface area contributed by atoms with Crippen LogP contribution in [-0.2, 0) is 14.0 Å². The molecule has 5 heteroatoms. The molecule has 1 saturated carbocycles. The maximum atomic E-state index is 12.4. The van der Waals surface area contributed by atoms with Crippen LogP contribution in [0.5, 0.6) is 0 Å². The van der Waals surface area contributed by atoms with Crippen molar-refractivity contribution in [1.82, 2.24) is 0 Å². The zero-order valence-electron chi connectivity index (χ0n) is 15.6. The van der Waals surface area contributed by atoms with Crippen LogP contribution in [0, 0.1) is 17.3 Å². The number of aliphatic hydroxyl groups is 1. The summed E-state index contributed by atoms with van der Waals surface area (Å²) in [5, 5.41) is 10.7. The fourth-order valence-corrected chi connectivity index (χ4v) is 4.77. The van der Waals surface area contributed by atoms with Gasteiger partial charge < -0.3 is 14.3 Å². The third-order valence-electron chi connectivity index (χ3n) is 6.45. The first-order valence-electron chi connectivity index (χ1n) is 8.47.